The van der Waals surface area contributed by atoms with E-state index in [-0.39, 0.29) is 5.96 Å². The molecule has 3 aromatic heterocycles. The summed E-state index contributed by atoms with van der Waals surface area (Å²) in [6.07, 6.45) is 15.0. The average Bonchev–Trinajstić information content (AvgIpc) is 2.76. The maximum absolute atomic E-state index is 4.13. The summed E-state index contributed by atoms with van der Waals surface area (Å²) < 4.78 is 0. The number of hydrazone groups is 2. The van der Waals surface area contributed by atoms with Gasteiger partial charge in [-0.15, -0.1) is 5.10 Å². The van der Waals surface area contributed by atoms with E-state index in [0.717, 1.165) is 16.7 Å². The van der Waals surface area contributed by atoms with Crippen LogP contribution in [0.1, 0.15) is 16.7 Å². The molecule has 0 spiro atoms. The van der Waals surface area contributed by atoms with Crippen molar-refractivity contribution in [3.05, 3.63) is 90.3 Å². The summed E-state index contributed by atoms with van der Waals surface area (Å²) in [5.74, 6) is 0.251. The molecule has 28 heavy (non-hydrogen) atoms. The van der Waals surface area contributed by atoms with E-state index < -0.39 is 0 Å². The second kappa shape index (κ2) is 10.7. The topological polar surface area (TPSA) is 112 Å². The summed E-state index contributed by atoms with van der Waals surface area (Å²) in [4.78, 5) is 11.9. The number of hydrogen-bond donors (Lipinski definition) is 2. The predicted octanol–water partition coefficient (Wildman–Crippen LogP) is 1.81. The number of hydrogen-bond acceptors (Lipinski definition) is 7. The summed E-state index contributed by atoms with van der Waals surface area (Å²) >= 11 is 0. The van der Waals surface area contributed by atoms with Gasteiger partial charge in [0.05, 0.1) is 18.6 Å². The third-order valence-electron chi connectivity index (χ3n) is 3.25. The van der Waals surface area contributed by atoms with Crippen molar-refractivity contribution in [1.29, 1.82) is 0 Å². The first-order valence-electron chi connectivity index (χ1n) is 8.29. The molecule has 9 nitrogen and oxygen atoms in total. The molecule has 2 N–H and O–H groups in total. The fourth-order valence-corrected chi connectivity index (χ4v) is 1.91. The van der Waals surface area contributed by atoms with Gasteiger partial charge in [0.2, 0.25) is 0 Å². The lowest BCUT2D eigenvalue weighted by Crippen LogP contribution is -2.30. The van der Waals surface area contributed by atoms with Gasteiger partial charge in [0.25, 0.3) is 5.96 Å². The standard InChI is InChI=1S/C19H17N9/c1-7-20-8-2-16(1)13-23-26-19(27-24-14-17-3-9-21-10-4-17)28-25-15-18-5-11-22-12-6-18/h1-15H,(H2,26,27,28)/b23-13-,24-14-,25-15+. The minimum Gasteiger partial charge on any atom is -0.265 e. The van der Waals surface area contributed by atoms with Gasteiger partial charge in [0, 0.05) is 37.2 Å². The Morgan fingerprint density at radius 1 is 0.607 bits per heavy atom. The minimum atomic E-state index is 0.251. The van der Waals surface area contributed by atoms with Crippen LogP contribution in [0.15, 0.2) is 94.0 Å². The molecule has 138 valence electrons. The molecule has 0 aliphatic heterocycles. The van der Waals surface area contributed by atoms with Gasteiger partial charge >= 0.3 is 0 Å². The van der Waals surface area contributed by atoms with Crippen LogP contribution in [0.2, 0.25) is 0 Å². The van der Waals surface area contributed by atoms with Crippen LogP contribution in [0.25, 0.3) is 0 Å². The summed E-state index contributed by atoms with van der Waals surface area (Å²) in [5, 5.41) is 16.4. The lowest BCUT2D eigenvalue weighted by Gasteiger charge is -2.02. The lowest BCUT2D eigenvalue weighted by atomic mass is 10.3. The smallest absolute Gasteiger partial charge is 0.257 e. The van der Waals surface area contributed by atoms with Crippen LogP contribution in [0.3, 0.4) is 0 Å². The fraction of sp³-hybridized carbons (Fsp3) is 0. The van der Waals surface area contributed by atoms with Crippen LogP contribution in [0.5, 0.6) is 0 Å². The zero-order valence-corrected chi connectivity index (χ0v) is 14.8. The van der Waals surface area contributed by atoms with E-state index in [0.29, 0.717) is 0 Å². The molecule has 0 amide bonds. The first-order valence-corrected chi connectivity index (χ1v) is 8.29. The number of aromatic nitrogens is 3. The Kier molecular flexibility index (Phi) is 7.05. The number of nitrogens with zero attached hydrogens (tertiary/aromatic N) is 7. The van der Waals surface area contributed by atoms with Crippen molar-refractivity contribution in [2.24, 2.45) is 20.4 Å². The zero-order chi connectivity index (χ0) is 19.3. The van der Waals surface area contributed by atoms with Crippen LogP contribution in [-0.2, 0) is 0 Å². The second-order valence-electron chi connectivity index (χ2n) is 5.27. The molecule has 0 saturated heterocycles. The number of rotatable bonds is 6. The maximum Gasteiger partial charge on any atom is 0.257 e. The Morgan fingerprint density at radius 2 is 1.00 bits per heavy atom. The van der Waals surface area contributed by atoms with Crippen molar-refractivity contribution in [1.82, 2.24) is 25.8 Å². The summed E-state index contributed by atoms with van der Waals surface area (Å²) in [6, 6.07) is 11.0. The van der Waals surface area contributed by atoms with Crippen LogP contribution >= 0.6 is 0 Å². The third kappa shape index (κ3) is 6.56. The molecule has 0 radical (unpaired) electrons. The van der Waals surface area contributed by atoms with E-state index in [9.17, 15) is 0 Å². The predicted molar refractivity (Wildman–Crippen MR) is 109 cm³/mol. The normalized spacial score (nSPS) is 11.1. The summed E-state index contributed by atoms with van der Waals surface area (Å²) in [5.41, 5.74) is 8.21. The quantitative estimate of drug-likeness (QED) is 0.390. The van der Waals surface area contributed by atoms with E-state index in [4.69, 9.17) is 0 Å². The van der Waals surface area contributed by atoms with E-state index in [1.807, 2.05) is 36.4 Å². The molecule has 3 heterocycles. The van der Waals surface area contributed by atoms with E-state index in [1.54, 1.807) is 55.8 Å². The van der Waals surface area contributed by atoms with Crippen LogP contribution in [-0.4, -0.2) is 39.6 Å². The van der Waals surface area contributed by atoms with Crippen LogP contribution in [0.4, 0.5) is 0 Å². The molecule has 0 unspecified atom stereocenters. The van der Waals surface area contributed by atoms with Crippen molar-refractivity contribution in [2.75, 3.05) is 0 Å². The van der Waals surface area contributed by atoms with Crippen LogP contribution in [0, 0.1) is 0 Å². The molecule has 0 aromatic carbocycles. The van der Waals surface area contributed by atoms with Gasteiger partial charge in [-0.2, -0.15) is 15.3 Å². The van der Waals surface area contributed by atoms with Crippen molar-refractivity contribution < 1.29 is 0 Å². The molecule has 0 aliphatic rings. The first-order chi connectivity index (χ1) is 13.9. The number of guanidine groups is 1. The van der Waals surface area contributed by atoms with E-state index in [2.05, 4.69) is 46.2 Å². The van der Waals surface area contributed by atoms with Gasteiger partial charge < -0.3 is 0 Å². The molecular formula is C19H17N9. The van der Waals surface area contributed by atoms with E-state index in [1.165, 1.54) is 0 Å². The maximum atomic E-state index is 4.13. The molecule has 9 heteroatoms. The third-order valence-corrected chi connectivity index (χ3v) is 3.25. The van der Waals surface area contributed by atoms with Gasteiger partial charge in [0.1, 0.15) is 0 Å². The lowest BCUT2D eigenvalue weighted by molar-refractivity contribution is 0.890. The molecule has 0 aliphatic carbocycles. The SMILES string of the molecule is C(=N/NC(=N/N=C/c1ccncc1)N/N=C\c1ccncc1)/c1ccncc1. The first kappa shape index (κ1) is 18.5. The Bertz CT molecular complexity index is 899. The molecule has 0 saturated carbocycles. The monoisotopic (exact) mass is 371 g/mol. The highest BCUT2D eigenvalue weighted by atomic mass is 15.5. The number of pyridine rings is 3. The highest BCUT2D eigenvalue weighted by Crippen LogP contribution is 1.93. The molecule has 3 rings (SSSR count). The highest BCUT2D eigenvalue weighted by molar-refractivity contribution is 5.86. The van der Waals surface area contributed by atoms with Gasteiger partial charge in [-0.05, 0) is 53.1 Å². The highest BCUT2D eigenvalue weighted by Gasteiger charge is 1.94. The average molecular weight is 371 g/mol. The van der Waals surface area contributed by atoms with Gasteiger partial charge in [-0.3, -0.25) is 15.0 Å². The van der Waals surface area contributed by atoms with Gasteiger partial charge in [-0.25, -0.2) is 10.9 Å². The van der Waals surface area contributed by atoms with Crippen molar-refractivity contribution in [3.8, 4) is 0 Å². The largest absolute Gasteiger partial charge is 0.265 e. The van der Waals surface area contributed by atoms with Crippen molar-refractivity contribution in [3.63, 3.8) is 0 Å². The fourth-order valence-electron chi connectivity index (χ4n) is 1.91. The Hall–Kier alpha value is -4.27. The molecule has 0 atom stereocenters. The molecule has 0 fully saturated rings. The van der Waals surface area contributed by atoms with Crippen molar-refractivity contribution in [2.45, 2.75) is 0 Å². The Labute approximate surface area is 161 Å². The molecule has 3 aromatic rings. The van der Waals surface area contributed by atoms with Gasteiger partial charge in [0.15, 0.2) is 0 Å². The number of nitrogens with one attached hydrogen (secondary N) is 2. The Balaban J connectivity index is 1.67. The summed E-state index contributed by atoms with van der Waals surface area (Å²) in [6.45, 7) is 0. The second-order valence-corrected chi connectivity index (χ2v) is 5.27. The zero-order valence-electron chi connectivity index (χ0n) is 14.8. The molecule has 0 bridgehead atoms. The van der Waals surface area contributed by atoms with Crippen molar-refractivity contribution >= 4 is 24.6 Å². The molecular weight excluding hydrogens is 354 g/mol. The summed E-state index contributed by atoms with van der Waals surface area (Å²) in [7, 11) is 0. The van der Waals surface area contributed by atoms with E-state index >= 15 is 0 Å². The van der Waals surface area contributed by atoms with Gasteiger partial charge in [-0.1, -0.05) is 0 Å². The van der Waals surface area contributed by atoms with Crippen LogP contribution < -0.4 is 10.9 Å². The Morgan fingerprint density at radius 3 is 1.43 bits per heavy atom. The minimum absolute atomic E-state index is 0.251.